The average molecular weight is 112 g/mol. The van der Waals surface area contributed by atoms with Crippen LogP contribution in [0.15, 0.2) is 17.9 Å². The van der Waals surface area contributed by atoms with E-state index in [1.807, 2.05) is 0 Å². The molecule has 0 spiro atoms. The second-order valence-electron chi connectivity index (χ2n) is 1.47. The summed E-state index contributed by atoms with van der Waals surface area (Å²) in [6, 6.07) is 0. The molecular formula is C7H12O. The second-order valence-corrected chi connectivity index (χ2v) is 1.47. The van der Waals surface area contributed by atoms with Crippen molar-refractivity contribution in [3.63, 3.8) is 0 Å². The van der Waals surface area contributed by atoms with E-state index in [2.05, 4.69) is 17.9 Å². The maximum absolute atomic E-state index is 7.57. The molecule has 0 radical (unpaired) electrons. The van der Waals surface area contributed by atoms with E-state index >= 15 is 0 Å². The molecule has 0 aliphatic heterocycles. The first-order chi connectivity index (χ1) is 3.91. The maximum atomic E-state index is 7.57. The van der Waals surface area contributed by atoms with Gasteiger partial charge in [-0.05, 0) is 31.9 Å². The number of aliphatic hydroxyl groups is 1. The van der Waals surface area contributed by atoms with Crippen LogP contribution in [0, 0.1) is 0 Å². The fourth-order valence-corrected chi connectivity index (χ4v) is 0.417. The molecule has 0 saturated carbocycles. The number of rotatable bonds is 0. The largest absolute Gasteiger partial charge is 0.397 e. The Morgan fingerprint density at radius 2 is 1.88 bits per heavy atom. The summed E-state index contributed by atoms with van der Waals surface area (Å²) in [5, 5.41) is 7.57. The molecule has 1 nitrogen and oxygen atoms in total. The van der Waals surface area contributed by atoms with Gasteiger partial charge in [-0.2, -0.15) is 0 Å². The SMILES string of the molecule is C1=CCCC=1.CCO. The van der Waals surface area contributed by atoms with Crippen molar-refractivity contribution in [3.05, 3.63) is 17.9 Å². The predicted octanol–water partition coefficient (Wildman–Crippen LogP) is 1.49. The van der Waals surface area contributed by atoms with Crippen molar-refractivity contribution >= 4 is 0 Å². The Morgan fingerprint density at radius 3 is 2.00 bits per heavy atom. The number of allylic oxidation sites excluding steroid dienone is 1. The number of aliphatic hydroxyl groups excluding tert-OH is 1. The smallest absolute Gasteiger partial charge is 0.0402 e. The minimum atomic E-state index is 0.250. The van der Waals surface area contributed by atoms with E-state index in [4.69, 9.17) is 5.11 Å². The zero-order valence-corrected chi connectivity index (χ0v) is 5.22. The highest BCUT2D eigenvalue weighted by Crippen LogP contribution is 1.95. The van der Waals surface area contributed by atoms with Crippen LogP contribution in [-0.2, 0) is 0 Å². The van der Waals surface area contributed by atoms with Crippen LogP contribution in [0.3, 0.4) is 0 Å². The molecule has 46 valence electrons. The minimum absolute atomic E-state index is 0.250. The molecule has 0 heterocycles. The summed E-state index contributed by atoms with van der Waals surface area (Å²) in [6.45, 7) is 1.93. The summed E-state index contributed by atoms with van der Waals surface area (Å²) in [6.07, 6.45) is 6.53. The van der Waals surface area contributed by atoms with Crippen molar-refractivity contribution in [3.8, 4) is 0 Å². The zero-order chi connectivity index (χ0) is 6.24. The first kappa shape index (κ1) is 7.48. The molecule has 0 atom stereocenters. The van der Waals surface area contributed by atoms with E-state index < -0.39 is 0 Å². The van der Waals surface area contributed by atoms with Crippen molar-refractivity contribution in [1.82, 2.24) is 0 Å². The van der Waals surface area contributed by atoms with Gasteiger partial charge < -0.3 is 5.11 Å². The number of hydrogen-bond acceptors (Lipinski definition) is 1. The van der Waals surface area contributed by atoms with Gasteiger partial charge >= 0.3 is 0 Å². The van der Waals surface area contributed by atoms with Crippen LogP contribution in [0.1, 0.15) is 19.8 Å². The van der Waals surface area contributed by atoms with E-state index in [1.165, 1.54) is 12.8 Å². The third-order valence-electron chi connectivity index (χ3n) is 0.691. The molecule has 0 unspecified atom stereocenters. The lowest BCUT2D eigenvalue weighted by atomic mass is 10.4. The third kappa shape index (κ3) is 5.48. The van der Waals surface area contributed by atoms with Gasteiger partial charge in [-0.1, -0.05) is 0 Å². The summed E-state index contributed by atoms with van der Waals surface area (Å²) >= 11 is 0. The molecule has 1 rings (SSSR count). The van der Waals surface area contributed by atoms with E-state index in [1.54, 1.807) is 6.92 Å². The van der Waals surface area contributed by atoms with Crippen LogP contribution in [-0.4, -0.2) is 11.7 Å². The van der Waals surface area contributed by atoms with Gasteiger partial charge in [0.25, 0.3) is 0 Å². The lowest BCUT2D eigenvalue weighted by Gasteiger charge is -1.65. The molecule has 0 fully saturated rings. The molecule has 0 aromatic rings. The molecule has 0 aromatic heterocycles. The monoisotopic (exact) mass is 112 g/mol. The summed E-state index contributed by atoms with van der Waals surface area (Å²) in [4.78, 5) is 0. The van der Waals surface area contributed by atoms with Gasteiger partial charge in [-0.3, -0.25) is 0 Å². The summed E-state index contributed by atoms with van der Waals surface area (Å²) in [5.41, 5.74) is 2.97. The van der Waals surface area contributed by atoms with Gasteiger partial charge in [-0.15, -0.1) is 5.73 Å². The van der Waals surface area contributed by atoms with Gasteiger partial charge in [0.05, 0.1) is 0 Å². The Kier molecular flexibility index (Phi) is 6.06. The first-order valence-electron chi connectivity index (χ1n) is 2.92. The van der Waals surface area contributed by atoms with E-state index in [-0.39, 0.29) is 6.61 Å². The second kappa shape index (κ2) is 6.48. The fraction of sp³-hybridized carbons (Fsp3) is 0.571. The van der Waals surface area contributed by atoms with Crippen molar-refractivity contribution in [2.24, 2.45) is 0 Å². The Morgan fingerprint density at radius 1 is 1.50 bits per heavy atom. The first-order valence-corrected chi connectivity index (χ1v) is 2.92. The van der Waals surface area contributed by atoms with Crippen LogP contribution in [0.2, 0.25) is 0 Å². The Balaban J connectivity index is 0.000000145. The molecule has 1 heteroatoms. The summed E-state index contributed by atoms with van der Waals surface area (Å²) < 4.78 is 0. The van der Waals surface area contributed by atoms with Crippen molar-refractivity contribution < 1.29 is 5.11 Å². The van der Waals surface area contributed by atoms with Gasteiger partial charge in [0, 0.05) is 6.61 Å². The van der Waals surface area contributed by atoms with Crippen molar-refractivity contribution in [2.75, 3.05) is 6.61 Å². The molecule has 1 aliphatic rings. The minimum Gasteiger partial charge on any atom is -0.397 e. The molecule has 1 N–H and O–H groups in total. The normalized spacial score (nSPS) is 13.2. The molecule has 0 aromatic carbocycles. The maximum Gasteiger partial charge on any atom is 0.0402 e. The van der Waals surface area contributed by atoms with Crippen LogP contribution in [0.4, 0.5) is 0 Å². The Bertz CT molecular complexity index is 80.6. The highest BCUT2D eigenvalue weighted by molar-refractivity contribution is 4.93. The standard InChI is InChI=1S/C5H6.C2H6O/c1-2-4-5-3-1;1-2-3/h1,5H,2,4H2;3H,2H2,1H3. The Hall–Kier alpha value is -0.520. The number of hydrogen-bond donors (Lipinski definition) is 1. The molecule has 1 aliphatic carbocycles. The molecule has 0 amide bonds. The summed E-state index contributed by atoms with van der Waals surface area (Å²) in [7, 11) is 0. The molecule has 0 saturated heterocycles. The topological polar surface area (TPSA) is 20.2 Å². The van der Waals surface area contributed by atoms with E-state index in [9.17, 15) is 0 Å². The Labute approximate surface area is 50.3 Å². The quantitative estimate of drug-likeness (QED) is 0.471. The van der Waals surface area contributed by atoms with Gasteiger partial charge in [0.2, 0.25) is 0 Å². The summed E-state index contributed by atoms with van der Waals surface area (Å²) in [5.74, 6) is 0. The fourth-order valence-electron chi connectivity index (χ4n) is 0.417. The van der Waals surface area contributed by atoms with Crippen LogP contribution >= 0.6 is 0 Å². The van der Waals surface area contributed by atoms with E-state index in [0.717, 1.165) is 0 Å². The molecule has 0 bridgehead atoms. The van der Waals surface area contributed by atoms with Crippen LogP contribution in [0.25, 0.3) is 0 Å². The third-order valence-corrected chi connectivity index (χ3v) is 0.691. The highest BCUT2D eigenvalue weighted by atomic mass is 16.2. The highest BCUT2D eigenvalue weighted by Gasteiger charge is 1.76. The molecular weight excluding hydrogens is 100 g/mol. The lowest BCUT2D eigenvalue weighted by Crippen LogP contribution is -1.57. The van der Waals surface area contributed by atoms with E-state index in [0.29, 0.717) is 0 Å². The predicted molar refractivity (Wildman–Crippen MR) is 34.6 cm³/mol. The van der Waals surface area contributed by atoms with Crippen LogP contribution < -0.4 is 0 Å². The van der Waals surface area contributed by atoms with Crippen LogP contribution in [0.5, 0.6) is 0 Å². The van der Waals surface area contributed by atoms with Crippen molar-refractivity contribution in [2.45, 2.75) is 19.8 Å². The van der Waals surface area contributed by atoms with Gasteiger partial charge in [0.15, 0.2) is 0 Å². The van der Waals surface area contributed by atoms with Gasteiger partial charge in [-0.25, -0.2) is 0 Å². The lowest BCUT2D eigenvalue weighted by molar-refractivity contribution is 0.318. The van der Waals surface area contributed by atoms with Gasteiger partial charge in [0.1, 0.15) is 0 Å². The molecule has 8 heavy (non-hydrogen) atoms. The van der Waals surface area contributed by atoms with Crippen molar-refractivity contribution in [1.29, 1.82) is 0 Å². The average Bonchev–Trinajstić information content (AvgIpc) is 2.17. The zero-order valence-electron chi connectivity index (χ0n) is 5.22.